The summed E-state index contributed by atoms with van der Waals surface area (Å²) < 4.78 is 0. The largest absolute Gasteiger partial charge is 0.480 e. The minimum atomic E-state index is -0.790. The van der Waals surface area contributed by atoms with E-state index in [4.69, 9.17) is 16.2 Å². The molecule has 2 heterocycles. The number of nitrogens with zero attached hydrogens (tertiary/aromatic N) is 3. The molecule has 8 nitrogen and oxygen atoms in total. The van der Waals surface area contributed by atoms with E-state index in [1.807, 2.05) is 28.9 Å². The molecule has 0 spiro atoms. The van der Waals surface area contributed by atoms with Crippen molar-refractivity contribution >= 4 is 23.4 Å². The smallest absolute Gasteiger partial charge is 0.317 e. The summed E-state index contributed by atoms with van der Waals surface area (Å²) >= 11 is 0. The summed E-state index contributed by atoms with van der Waals surface area (Å²) in [5, 5.41) is 16.4. The van der Waals surface area contributed by atoms with E-state index < -0.39 is 5.97 Å². The molecule has 0 bridgehead atoms. The standard InChI is InChI=1S/C19H27N5O3/c1-13-10-23(15-6-8-22(9-7-15)12-18(26)27)11-17(25)24(13)16-4-2-14(3-5-16)19(20)21/h2-5,13,15H,6-12H2,1H3,(H3,20,21)(H,26,27). The van der Waals surface area contributed by atoms with Crippen LogP contribution < -0.4 is 10.6 Å². The Morgan fingerprint density at radius 3 is 2.41 bits per heavy atom. The van der Waals surface area contributed by atoms with Crippen LogP contribution in [-0.4, -0.2) is 77.4 Å². The lowest BCUT2D eigenvalue weighted by Gasteiger charge is -2.45. The molecule has 2 aliphatic rings. The van der Waals surface area contributed by atoms with Crippen LogP contribution in [-0.2, 0) is 9.59 Å². The van der Waals surface area contributed by atoms with Gasteiger partial charge in [0, 0.05) is 43.0 Å². The molecule has 1 aromatic rings. The number of carboxylic acid groups (broad SMARTS) is 1. The summed E-state index contributed by atoms with van der Waals surface area (Å²) in [6.45, 7) is 4.82. The molecular weight excluding hydrogens is 346 g/mol. The molecule has 2 aliphatic heterocycles. The normalized spacial score (nSPS) is 22.8. The zero-order valence-corrected chi connectivity index (χ0v) is 15.6. The predicted molar refractivity (Wildman–Crippen MR) is 103 cm³/mol. The number of carbonyl (C=O) groups is 2. The van der Waals surface area contributed by atoms with E-state index in [0.29, 0.717) is 18.2 Å². The third-order valence-electron chi connectivity index (χ3n) is 5.44. The fraction of sp³-hybridized carbons (Fsp3) is 0.526. The minimum absolute atomic E-state index is 0.0139. The Kier molecular flexibility index (Phi) is 5.76. The molecule has 2 fully saturated rings. The Labute approximate surface area is 159 Å². The van der Waals surface area contributed by atoms with E-state index in [0.717, 1.165) is 38.2 Å². The quantitative estimate of drug-likeness (QED) is 0.513. The number of aliphatic carboxylic acids is 1. The fourth-order valence-corrected chi connectivity index (χ4v) is 4.09. The van der Waals surface area contributed by atoms with Crippen LogP contribution in [0.15, 0.2) is 24.3 Å². The van der Waals surface area contributed by atoms with Crippen molar-refractivity contribution in [1.82, 2.24) is 9.80 Å². The number of amides is 1. The molecular formula is C19H27N5O3. The lowest BCUT2D eigenvalue weighted by Crippen LogP contribution is -2.59. The zero-order valence-electron chi connectivity index (χ0n) is 15.6. The molecule has 0 saturated carbocycles. The number of nitrogen functional groups attached to an aromatic ring is 1. The van der Waals surface area contributed by atoms with Crippen LogP contribution in [0.3, 0.4) is 0 Å². The summed E-state index contributed by atoms with van der Waals surface area (Å²) in [4.78, 5) is 29.7. The second kappa shape index (κ2) is 8.06. The van der Waals surface area contributed by atoms with E-state index >= 15 is 0 Å². The third kappa shape index (κ3) is 4.45. The van der Waals surface area contributed by atoms with Crippen molar-refractivity contribution in [3.63, 3.8) is 0 Å². The highest BCUT2D eigenvalue weighted by Crippen LogP contribution is 2.25. The van der Waals surface area contributed by atoms with Crippen molar-refractivity contribution in [3.05, 3.63) is 29.8 Å². The fourth-order valence-electron chi connectivity index (χ4n) is 4.09. The first-order chi connectivity index (χ1) is 12.8. The molecule has 1 aromatic carbocycles. The van der Waals surface area contributed by atoms with Crippen LogP contribution in [0.2, 0.25) is 0 Å². The van der Waals surface area contributed by atoms with Gasteiger partial charge in [-0.2, -0.15) is 0 Å². The second-order valence-electron chi connectivity index (χ2n) is 7.40. The van der Waals surface area contributed by atoms with Gasteiger partial charge in [-0.1, -0.05) is 0 Å². The monoisotopic (exact) mass is 373 g/mol. The van der Waals surface area contributed by atoms with Crippen LogP contribution in [0.4, 0.5) is 5.69 Å². The van der Waals surface area contributed by atoms with Gasteiger partial charge in [0.25, 0.3) is 0 Å². The van der Waals surface area contributed by atoms with Gasteiger partial charge in [-0.25, -0.2) is 0 Å². The van der Waals surface area contributed by atoms with Gasteiger partial charge in [-0.15, -0.1) is 0 Å². The first-order valence-corrected chi connectivity index (χ1v) is 9.30. The van der Waals surface area contributed by atoms with Crippen LogP contribution >= 0.6 is 0 Å². The molecule has 1 unspecified atom stereocenters. The molecule has 146 valence electrons. The average molecular weight is 373 g/mol. The van der Waals surface area contributed by atoms with E-state index in [9.17, 15) is 9.59 Å². The molecule has 1 atom stereocenters. The summed E-state index contributed by atoms with van der Waals surface area (Å²) in [5.41, 5.74) is 6.97. The summed E-state index contributed by atoms with van der Waals surface area (Å²) in [5.74, 6) is -0.709. The predicted octanol–water partition coefficient (Wildman–Crippen LogP) is 0.557. The number of hydrogen-bond acceptors (Lipinski definition) is 5. The molecule has 0 aliphatic carbocycles. The van der Waals surface area contributed by atoms with Gasteiger partial charge >= 0.3 is 5.97 Å². The number of nitrogens with one attached hydrogen (secondary N) is 1. The van der Waals surface area contributed by atoms with Gasteiger partial charge in [-0.3, -0.25) is 24.8 Å². The highest BCUT2D eigenvalue weighted by molar-refractivity contribution is 5.98. The van der Waals surface area contributed by atoms with Crippen molar-refractivity contribution in [3.8, 4) is 0 Å². The van der Waals surface area contributed by atoms with Gasteiger partial charge in [0.05, 0.1) is 13.1 Å². The van der Waals surface area contributed by atoms with Gasteiger partial charge in [0.2, 0.25) is 5.91 Å². The van der Waals surface area contributed by atoms with Gasteiger partial charge < -0.3 is 15.7 Å². The maximum atomic E-state index is 12.8. The Hall–Kier alpha value is -2.45. The first kappa shape index (κ1) is 19.3. The number of hydrogen-bond donors (Lipinski definition) is 3. The first-order valence-electron chi connectivity index (χ1n) is 9.30. The molecule has 1 amide bonds. The molecule has 0 radical (unpaired) electrons. The Morgan fingerprint density at radius 2 is 1.89 bits per heavy atom. The zero-order chi connectivity index (χ0) is 19.6. The SMILES string of the molecule is CC1CN(C2CCN(CC(=O)O)CC2)CC(=O)N1c1ccc(C(=N)N)cc1. The summed E-state index contributed by atoms with van der Waals surface area (Å²) in [6.07, 6.45) is 1.78. The Bertz CT molecular complexity index is 713. The lowest BCUT2D eigenvalue weighted by atomic mass is 10.00. The number of piperazine rings is 1. The van der Waals surface area contributed by atoms with E-state index in [1.54, 1.807) is 12.1 Å². The molecule has 2 saturated heterocycles. The number of benzene rings is 1. The number of likely N-dealkylation sites (tertiary alicyclic amines) is 1. The molecule has 27 heavy (non-hydrogen) atoms. The number of piperidine rings is 1. The van der Waals surface area contributed by atoms with Gasteiger partial charge in [0.15, 0.2) is 0 Å². The third-order valence-corrected chi connectivity index (χ3v) is 5.44. The van der Waals surface area contributed by atoms with Crippen molar-refractivity contribution in [2.75, 3.05) is 37.6 Å². The maximum absolute atomic E-state index is 12.8. The van der Waals surface area contributed by atoms with Crippen LogP contribution in [0, 0.1) is 5.41 Å². The highest BCUT2D eigenvalue weighted by Gasteiger charge is 2.35. The molecule has 4 N–H and O–H groups in total. The number of amidine groups is 1. The Morgan fingerprint density at radius 1 is 1.26 bits per heavy atom. The lowest BCUT2D eigenvalue weighted by molar-refractivity contribution is -0.138. The van der Waals surface area contributed by atoms with Crippen LogP contribution in [0.5, 0.6) is 0 Å². The number of carboxylic acids is 1. The van der Waals surface area contributed by atoms with Crippen molar-refractivity contribution in [2.45, 2.75) is 31.8 Å². The molecule has 8 heteroatoms. The van der Waals surface area contributed by atoms with Gasteiger partial charge in [-0.05, 0) is 44.0 Å². The number of anilines is 1. The van der Waals surface area contributed by atoms with Crippen molar-refractivity contribution < 1.29 is 14.7 Å². The maximum Gasteiger partial charge on any atom is 0.317 e. The summed E-state index contributed by atoms with van der Waals surface area (Å²) in [7, 11) is 0. The van der Waals surface area contributed by atoms with E-state index in [2.05, 4.69) is 4.90 Å². The minimum Gasteiger partial charge on any atom is -0.480 e. The van der Waals surface area contributed by atoms with E-state index in [-0.39, 0.29) is 24.3 Å². The number of rotatable bonds is 5. The number of carbonyl (C=O) groups excluding carboxylic acids is 1. The van der Waals surface area contributed by atoms with Crippen LogP contribution in [0.1, 0.15) is 25.3 Å². The second-order valence-corrected chi connectivity index (χ2v) is 7.40. The van der Waals surface area contributed by atoms with Crippen molar-refractivity contribution in [1.29, 1.82) is 5.41 Å². The average Bonchev–Trinajstić information content (AvgIpc) is 2.61. The molecule has 3 rings (SSSR count). The van der Waals surface area contributed by atoms with Crippen molar-refractivity contribution in [2.24, 2.45) is 5.73 Å². The summed E-state index contributed by atoms with van der Waals surface area (Å²) in [6, 6.07) is 7.58. The van der Waals surface area contributed by atoms with E-state index in [1.165, 1.54) is 0 Å². The highest BCUT2D eigenvalue weighted by atomic mass is 16.4. The molecule has 0 aromatic heterocycles. The van der Waals surface area contributed by atoms with Gasteiger partial charge in [0.1, 0.15) is 5.84 Å². The Balaban J connectivity index is 1.61. The number of nitrogens with two attached hydrogens (primary N) is 1. The topological polar surface area (TPSA) is 114 Å². The van der Waals surface area contributed by atoms with Crippen LogP contribution in [0.25, 0.3) is 0 Å².